The molecule has 0 spiro atoms. The first-order valence-corrected chi connectivity index (χ1v) is 20.2. The van der Waals surface area contributed by atoms with Gasteiger partial charge in [0, 0.05) is 38.3 Å². The Labute approximate surface area is 304 Å². The third kappa shape index (κ3) is 15.0. The second-order valence-electron chi connectivity index (χ2n) is 12.7. The monoisotopic (exact) mass is 738 g/mol. The minimum Gasteiger partial charge on any atom is -0.381 e. The Bertz CT molecular complexity index is 1630. The Morgan fingerprint density at radius 1 is 0.451 bits per heavy atom. The second-order valence-corrected chi connectivity index (χ2v) is 15.9. The lowest BCUT2D eigenvalue weighted by Crippen LogP contribution is -2.22. The summed E-state index contributed by atoms with van der Waals surface area (Å²) in [5.41, 5.74) is 4.11. The van der Waals surface area contributed by atoms with Crippen molar-refractivity contribution < 1.29 is 39.4 Å². The molecule has 2 unspecified atom stereocenters. The van der Waals surface area contributed by atoms with Crippen LogP contribution in [0, 0.1) is 25.7 Å². The van der Waals surface area contributed by atoms with Gasteiger partial charge >= 0.3 is 0 Å². The summed E-state index contributed by atoms with van der Waals surface area (Å²) in [6.07, 6.45) is 2.63. The maximum Gasteiger partial charge on any atom is 0.296 e. The van der Waals surface area contributed by atoms with Gasteiger partial charge in [-0.2, -0.15) is 16.8 Å². The molecule has 0 aliphatic rings. The maximum atomic E-state index is 12.8. The van der Waals surface area contributed by atoms with Crippen LogP contribution in [0.5, 0.6) is 0 Å². The molecule has 0 saturated heterocycles. The number of ether oxygens (including phenoxy) is 3. The molecule has 276 valence electrons. The molecular formula is C40H50O9S2. The van der Waals surface area contributed by atoms with Gasteiger partial charge < -0.3 is 14.2 Å². The molecule has 0 saturated carbocycles. The molecule has 0 radical (unpaired) electrons. The molecular weight excluding hydrogens is 689 g/mol. The number of benzene rings is 4. The van der Waals surface area contributed by atoms with Crippen LogP contribution in [0.15, 0.2) is 119 Å². The van der Waals surface area contributed by atoms with Crippen LogP contribution in [-0.2, 0) is 55.7 Å². The first-order chi connectivity index (χ1) is 24.6. The summed E-state index contributed by atoms with van der Waals surface area (Å²) in [7, 11) is -7.75. The summed E-state index contributed by atoms with van der Waals surface area (Å²) in [5, 5.41) is 0. The normalized spacial score (nSPS) is 13.2. The van der Waals surface area contributed by atoms with E-state index in [0.717, 1.165) is 22.3 Å². The predicted octanol–water partition coefficient (Wildman–Crippen LogP) is 6.96. The van der Waals surface area contributed by atoms with Crippen molar-refractivity contribution in [2.45, 2.75) is 49.3 Å². The molecule has 11 heteroatoms. The van der Waals surface area contributed by atoms with Gasteiger partial charge in [-0.05, 0) is 74.9 Å². The second kappa shape index (κ2) is 21.2. The van der Waals surface area contributed by atoms with Gasteiger partial charge in [-0.3, -0.25) is 8.37 Å². The van der Waals surface area contributed by atoms with Crippen LogP contribution >= 0.6 is 0 Å². The van der Waals surface area contributed by atoms with E-state index in [4.69, 9.17) is 22.6 Å². The lowest BCUT2D eigenvalue weighted by atomic mass is 10.0. The zero-order chi connectivity index (χ0) is 36.4. The fourth-order valence-electron chi connectivity index (χ4n) is 5.27. The van der Waals surface area contributed by atoms with Crippen LogP contribution in [0.2, 0.25) is 0 Å². The molecule has 4 rings (SSSR count). The highest BCUT2D eigenvalue weighted by atomic mass is 32.2. The molecule has 9 nitrogen and oxygen atoms in total. The molecule has 2 atom stereocenters. The topological polar surface area (TPSA) is 114 Å². The average Bonchev–Trinajstić information content (AvgIpc) is 3.13. The predicted molar refractivity (Wildman–Crippen MR) is 198 cm³/mol. The lowest BCUT2D eigenvalue weighted by Gasteiger charge is -2.18. The van der Waals surface area contributed by atoms with Crippen LogP contribution in [0.1, 0.15) is 35.1 Å². The van der Waals surface area contributed by atoms with E-state index in [0.29, 0.717) is 65.3 Å². The Kier molecular flexibility index (Phi) is 16.8. The summed E-state index contributed by atoms with van der Waals surface area (Å²) in [6.45, 7) is 6.52. The first-order valence-electron chi connectivity index (χ1n) is 17.3. The van der Waals surface area contributed by atoms with Gasteiger partial charge in [0.2, 0.25) is 0 Å². The molecule has 0 aromatic heterocycles. The standard InChI is InChI=1S/C40H50O9S2/c1-33-15-19-39(20-16-33)50(41,42)48-31-37(27-35-11-5-3-6-12-35)29-46-25-9-23-45-24-10-26-47-30-38(28-36-13-7-4-8-14-36)32-49-51(43,44)40-21-17-34(2)18-22-40/h3-8,11-22,37-38H,9-10,23-32H2,1-2H3. The van der Waals surface area contributed by atoms with Crippen molar-refractivity contribution in [3.8, 4) is 0 Å². The quantitative estimate of drug-likeness (QED) is 0.0556. The van der Waals surface area contributed by atoms with Gasteiger partial charge in [0.05, 0.1) is 36.2 Å². The van der Waals surface area contributed by atoms with E-state index in [1.807, 2.05) is 74.5 Å². The minimum atomic E-state index is -3.87. The van der Waals surface area contributed by atoms with Crippen molar-refractivity contribution >= 4 is 20.2 Å². The lowest BCUT2D eigenvalue weighted by molar-refractivity contribution is 0.0402. The van der Waals surface area contributed by atoms with E-state index in [9.17, 15) is 16.8 Å². The van der Waals surface area contributed by atoms with Crippen molar-refractivity contribution in [1.29, 1.82) is 0 Å². The molecule has 0 bridgehead atoms. The van der Waals surface area contributed by atoms with Crippen molar-refractivity contribution in [2.75, 3.05) is 52.9 Å². The number of hydrogen-bond acceptors (Lipinski definition) is 9. The van der Waals surface area contributed by atoms with Gasteiger partial charge in [0.25, 0.3) is 20.2 Å². The Morgan fingerprint density at radius 2 is 0.804 bits per heavy atom. The molecule has 0 heterocycles. The molecule has 0 aliphatic carbocycles. The summed E-state index contributed by atoms with van der Waals surface area (Å²) in [5.74, 6) is -0.297. The van der Waals surface area contributed by atoms with Gasteiger partial charge in [0.15, 0.2) is 0 Å². The highest BCUT2D eigenvalue weighted by molar-refractivity contribution is 7.87. The van der Waals surface area contributed by atoms with Gasteiger partial charge in [-0.15, -0.1) is 0 Å². The van der Waals surface area contributed by atoms with Crippen LogP contribution in [0.4, 0.5) is 0 Å². The summed E-state index contributed by atoms with van der Waals surface area (Å²) >= 11 is 0. The van der Waals surface area contributed by atoms with Crippen molar-refractivity contribution in [2.24, 2.45) is 11.8 Å². The van der Waals surface area contributed by atoms with Gasteiger partial charge in [-0.1, -0.05) is 96.1 Å². The van der Waals surface area contributed by atoms with Crippen LogP contribution in [0.25, 0.3) is 0 Å². The first kappa shape index (κ1) is 40.4. The number of rotatable bonds is 24. The Balaban J connectivity index is 1.13. The molecule has 4 aromatic carbocycles. The van der Waals surface area contributed by atoms with E-state index in [1.165, 1.54) is 0 Å². The molecule has 0 N–H and O–H groups in total. The zero-order valence-electron chi connectivity index (χ0n) is 29.5. The van der Waals surface area contributed by atoms with E-state index >= 15 is 0 Å². The smallest absolute Gasteiger partial charge is 0.296 e. The van der Waals surface area contributed by atoms with Gasteiger partial charge in [0.1, 0.15) is 0 Å². The zero-order valence-corrected chi connectivity index (χ0v) is 31.2. The minimum absolute atomic E-state index is 0.0164. The summed E-state index contributed by atoms with van der Waals surface area (Å²) < 4.78 is 79.5. The van der Waals surface area contributed by atoms with Crippen molar-refractivity contribution in [3.05, 3.63) is 131 Å². The molecule has 0 aliphatic heterocycles. The highest BCUT2D eigenvalue weighted by Crippen LogP contribution is 2.19. The SMILES string of the molecule is Cc1ccc(S(=O)(=O)OCC(COCCCOCCCOCC(COS(=O)(=O)c2ccc(C)cc2)Cc2ccccc2)Cc2ccccc2)cc1. The third-order valence-electron chi connectivity index (χ3n) is 8.13. The largest absolute Gasteiger partial charge is 0.381 e. The van der Waals surface area contributed by atoms with Crippen molar-refractivity contribution in [3.63, 3.8) is 0 Å². The van der Waals surface area contributed by atoms with E-state index in [1.54, 1.807) is 48.5 Å². The Morgan fingerprint density at radius 3 is 1.18 bits per heavy atom. The highest BCUT2D eigenvalue weighted by Gasteiger charge is 2.21. The molecule has 0 amide bonds. The molecule has 4 aromatic rings. The number of hydrogen-bond donors (Lipinski definition) is 0. The van der Waals surface area contributed by atoms with Crippen LogP contribution in [-0.4, -0.2) is 69.7 Å². The number of aryl methyl sites for hydroxylation is 2. The third-order valence-corrected chi connectivity index (χ3v) is 10.7. The Hall–Kier alpha value is -3.42. The van der Waals surface area contributed by atoms with E-state index in [2.05, 4.69) is 0 Å². The average molecular weight is 739 g/mol. The van der Waals surface area contributed by atoms with Crippen molar-refractivity contribution in [1.82, 2.24) is 0 Å². The molecule has 51 heavy (non-hydrogen) atoms. The fourth-order valence-corrected chi connectivity index (χ4v) is 7.23. The summed E-state index contributed by atoms with van der Waals surface area (Å²) in [6, 6.07) is 33.0. The maximum absolute atomic E-state index is 12.8. The van der Waals surface area contributed by atoms with E-state index < -0.39 is 20.2 Å². The van der Waals surface area contributed by atoms with E-state index in [-0.39, 0.29) is 34.8 Å². The fraction of sp³-hybridized carbons (Fsp3) is 0.400. The van der Waals surface area contributed by atoms with Gasteiger partial charge in [-0.25, -0.2) is 0 Å². The molecule has 0 fully saturated rings. The summed E-state index contributed by atoms with van der Waals surface area (Å²) in [4.78, 5) is 0.278. The van der Waals surface area contributed by atoms with Crippen LogP contribution < -0.4 is 0 Å². The van der Waals surface area contributed by atoms with Crippen LogP contribution in [0.3, 0.4) is 0 Å².